The Morgan fingerprint density at radius 1 is 0.432 bits per heavy atom. The first-order valence-electron chi connectivity index (χ1n) is 36.1. The standard InChI is InChI=1S/C69H115N19O22S/c1-12-34(8)54(66(107)88-55(36(10)90)67(108)84-45(28-37-15-17-38(91)18-16-37)62(103)85-47(68(109)110)30-50(72)94)87-59(100)40(19-21-48(70)92)78-57(98)42(23-25-111-11)80-61(102)44(27-32(4)5)83-65(106)53(33(6)7)86-58(99)39(14-13-24-76-69(74)75)77-56(97)41(20-22-51(95)96)79-60(101)43(26-31(2)3)81-63(104)46(29-49(71)93)82-64(105)52(73)35(9)89/h15-18,31-36,39-47,52-55,89-91H,12-14,19-30,73H2,1-11H3,(H2,70,92)(H2,71,93)(H2,72,94)(H,77,97)(H,78,98)(H,79,101)(H,80,102)(H,81,104)(H,82,105)(H,83,106)(H,84,108)(H,85,103)(H,86,99)(H,87,100)(H,88,107)(H,95,96)(H,109,110)(H4,74,75,76)/t34-,35+,36+,39-,40-,41-,42-,43-,44-,45-,46-,47-,52-,53-,54-,55-/m0/s1. The van der Waals surface area contributed by atoms with Gasteiger partial charge in [0.2, 0.25) is 88.6 Å². The van der Waals surface area contributed by atoms with Gasteiger partial charge in [0.1, 0.15) is 84.3 Å². The molecule has 1 rings (SSSR count). The molecule has 0 aliphatic carbocycles. The summed E-state index contributed by atoms with van der Waals surface area (Å²) in [6.07, 6.45) is -6.23. The van der Waals surface area contributed by atoms with Crippen molar-refractivity contribution < 1.29 is 107 Å². The second-order valence-electron chi connectivity index (χ2n) is 28.1. The summed E-state index contributed by atoms with van der Waals surface area (Å²) in [6.45, 7) is 15.2. The minimum absolute atomic E-state index is 0.0156. The van der Waals surface area contributed by atoms with Gasteiger partial charge in [-0.05, 0) is 112 Å². The molecule has 1 aromatic rings. The van der Waals surface area contributed by atoms with Crippen LogP contribution in [-0.4, -0.2) is 241 Å². The maximum Gasteiger partial charge on any atom is 0.326 e. The SMILES string of the molecule is CC[C@H](C)[C@H](NC(=O)[C@H](CCC(N)=O)NC(=O)[C@H](CCSC)NC(=O)[C@H](CC(C)C)NC(=O)[C@@H](NC(=O)[C@H](CCCN=C(N)N)NC(=O)[C@H](CCC(=O)O)NC(=O)[C@H](CC(C)C)NC(=O)[C@H](CC(N)=O)NC(=O)[C@@H](N)[C@@H](C)O)C(C)C)C(=O)N[C@H](C(=O)N[C@@H](Cc1ccc(O)cc1)C(=O)N[C@@H](CC(N)=O)C(=O)O)[C@@H](C)O. The van der Waals surface area contributed by atoms with Crippen molar-refractivity contribution in [2.45, 2.75) is 243 Å². The number of benzene rings is 1. The second-order valence-corrected chi connectivity index (χ2v) is 29.1. The fraction of sp³-hybridized carbons (Fsp3) is 0.652. The fourth-order valence-corrected chi connectivity index (χ4v) is 11.2. The van der Waals surface area contributed by atoms with E-state index in [-0.39, 0.29) is 80.8 Å². The molecule has 0 spiro atoms. The van der Waals surface area contributed by atoms with Gasteiger partial charge in [0.15, 0.2) is 5.96 Å². The molecular formula is C69H115N19O22S. The predicted octanol–water partition coefficient (Wildman–Crippen LogP) is -6.59. The van der Waals surface area contributed by atoms with Crippen molar-refractivity contribution >= 4 is 118 Å². The molecule has 42 heteroatoms. The predicted molar refractivity (Wildman–Crippen MR) is 403 cm³/mol. The minimum atomic E-state index is -1.90. The molecule has 1 aromatic carbocycles. The van der Waals surface area contributed by atoms with E-state index in [2.05, 4.69) is 68.8 Å². The summed E-state index contributed by atoms with van der Waals surface area (Å²) in [6, 6.07) is -16.0. The van der Waals surface area contributed by atoms with Gasteiger partial charge >= 0.3 is 11.9 Å². The number of carbonyl (C=O) groups is 17. The molecule has 41 nitrogen and oxygen atoms in total. The number of nitrogens with one attached hydrogen (secondary N) is 12. The van der Waals surface area contributed by atoms with Crippen LogP contribution in [0.15, 0.2) is 29.3 Å². The maximum absolute atomic E-state index is 14.6. The molecule has 111 heavy (non-hydrogen) atoms. The fourth-order valence-electron chi connectivity index (χ4n) is 10.7. The minimum Gasteiger partial charge on any atom is -0.508 e. The van der Waals surface area contributed by atoms with Crippen LogP contribution < -0.4 is 98.2 Å². The number of rotatable bonds is 53. The Bertz CT molecular complexity index is 3400. The van der Waals surface area contributed by atoms with Crippen LogP contribution >= 0.6 is 11.8 Å². The number of carboxylic acids is 2. The molecular weight excluding hydrogens is 1480 g/mol. The number of amides is 15. The van der Waals surface area contributed by atoms with E-state index in [1.807, 2.05) is 0 Å². The Morgan fingerprint density at radius 2 is 0.811 bits per heavy atom. The zero-order chi connectivity index (χ0) is 84.9. The van der Waals surface area contributed by atoms with Crippen LogP contribution in [0.25, 0.3) is 0 Å². The van der Waals surface area contributed by atoms with Crippen LogP contribution in [0.2, 0.25) is 0 Å². The Morgan fingerprint density at radius 3 is 1.24 bits per heavy atom. The van der Waals surface area contributed by atoms with Crippen molar-refractivity contribution in [3.05, 3.63) is 29.8 Å². The van der Waals surface area contributed by atoms with Gasteiger partial charge in [-0.15, -0.1) is 0 Å². The summed E-state index contributed by atoms with van der Waals surface area (Å²) in [5.74, 6) is -21.4. The van der Waals surface area contributed by atoms with Crippen LogP contribution in [0.5, 0.6) is 5.75 Å². The molecule has 624 valence electrons. The number of carbonyl (C=O) groups excluding carboxylic acids is 15. The van der Waals surface area contributed by atoms with Gasteiger partial charge in [-0.25, -0.2) is 4.79 Å². The highest BCUT2D eigenvalue weighted by Gasteiger charge is 2.40. The lowest BCUT2D eigenvalue weighted by Gasteiger charge is -2.30. The normalized spacial score (nSPS) is 15.5. The zero-order valence-corrected chi connectivity index (χ0v) is 65.2. The Hall–Kier alpha value is -10.5. The van der Waals surface area contributed by atoms with E-state index in [1.54, 1.807) is 40.9 Å². The van der Waals surface area contributed by atoms with Crippen LogP contribution in [0.4, 0.5) is 0 Å². The van der Waals surface area contributed by atoms with E-state index in [0.29, 0.717) is 5.56 Å². The van der Waals surface area contributed by atoms with E-state index < -0.39 is 242 Å². The summed E-state index contributed by atoms with van der Waals surface area (Å²) in [7, 11) is 0. The van der Waals surface area contributed by atoms with E-state index in [4.69, 9.17) is 34.4 Å². The number of aliphatic imine (C=N–C) groups is 1. The molecule has 29 N–H and O–H groups in total. The third-order valence-electron chi connectivity index (χ3n) is 17.1. The van der Waals surface area contributed by atoms with E-state index in [1.165, 1.54) is 63.7 Å². The van der Waals surface area contributed by atoms with Gasteiger partial charge in [0.05, 0.1) is 25.0 Å². The third kappa shape index (κ3) is 37.7. The summed E-state index contributed by atoms with van der Waals surface area (Å²) >= 11 is 1.25. The van der Waals surface area contributed by atoms with Crippen LogP contribution in [-0.2, 0) is 87.9 Å². The summed E-state index contributed by atoms with van der Waals surface area (Å²) < 4.78 is 0. The molecule has 0 saturated carbocycles. The average Bonchev–Trinajstić information content (AvgIpc) is 0.885. The number of aliphatic hydroxyl groups excluding tert-OH is 2. The van der Waals surface area contributed by atoms with E-state index >= 15 is 0 Å². The highest BCUT2D eigenvalue weighted by Crippen LogP contribution is 2.17. The molecule has 15 amide bonds. The van der Waals surface area contributed by atoms with Crippen LogP contribution in [0.3, 0.4) is 0 Å². The van der Waals surface area contributed by atoms with Crippen LogP contribution in [0, 0.1) is 23.7 Å². The molecule has 0 radical (unpaired) electrons. The van der Waals surface area contributed by atoms with Crippen LogP contribution in [0.1, 0.15) is 152 Å². The third-order valence-corrected chi connectivity index (χ3v) is 17.7. The molecule has 0 bridgehead atoms. The number of thioether (sulfide) groups is 1. The van der Waals surface area contributed by atoms with Crippen molar-refractivity contribution in [3.63, 3.8) is 0 Å². The molecule has 0 aliphatic heterocycles. The number of nitrogens with two attached hydrogens (primary N) is 6. The lowest BCUT2D eigenvalue weighted by atomic mass is 9.96. The smallest absolute Gasteiger partial charge is 0.326 e. The van der Waals surface area contributed by atoms with E-state index in [9.17, 15) is 107 Å². The number of hydrogen-bond acceptors (Lipinski definition) is 23. The molecule has 0 fully saturated rings. The Labute approximate surface area is 647 Å². The highest BCUT2D eigenvalue weighted by atomic mass is 32.2. The number of aromatic hydroxyl groups is 1. The van der Waals surface area contributed by atoms with Crippen molar-refractivity contribution in [1.29, 1.82) is 0 Å². The summed E-state index contributed by atoms with van der Waals surface area (Å²) in [4.78, 5) is 234. The molecule has 16 atom stereocenters. The largest absolute Gasteiger partial charge is 0.508 e. The Kier molecular flexibility index (Phi) is 44.0. The number of carboxylic acid groups (broad SMARTS) is 2. The molecule has 0 aliphatic rings. The zero-order valence-electron chi connectivity index (χ0n) is 64.4. The quantitative estimate of drug-likeness (QED) is 0.0164. The molecule has 0 heterocycles. The first-order valence-corrected chi connectivity index (χ1v) is 37.5. The van der Waals surface area contributed by atoms with Crippen molar-refractivity contribution in [2.75, 3.05) is 18.6 Å². The molecule has 0 aromatic heterocycles. The lowest BCUT2D eigenvalue weighted by Crippen LogP contribution is -2.63. The second kappa shape index (κ2) is 49.6. The first kappa shape index (κ1) is 98.5. The van der Waals surface area contributed by atoms with Gasteiger partial charge in [-0.1, -0.05) is 73.9 Å². The van der Waals surface area contributed by atoms with Gasteiger partial charge in [0, 0.05) is 25.8 Å². The monoisotopic (exact) mass is 1590 g/mol. The number of phenolic OH excluding ortho intramolecular Hbond substituents is 1. The van der Waals surface area contributed by atoms with Gasteiger partial charge < -0.3 is 124 Å². The summed E-state index contributed by atoms with van der Waals surface area (Å²) in [5.41, 5.74) is 33.2. The average molecular weight is 1590 g/mol. The number of guanidine groups is 1. The van der Waals surface area contributed by atoms with E-state index in [0.717, 1.165) is 6.92 Å². The number of nitrogens with zero attached hydrogens (tertiary/aromatic N) is 1. The first-order chi connectivity index (χ1) is 51.7. The topological polar surface area (TPSA) is 704 Å². The number of primary amides is 3. The van der Waals surface area contributed by atoms with Crippen molar-refractivity contribution in [1.82, 2.24) is 63.8 Å². The van der Waals surface area contributed by atoms with Gasteiger partial charge in [0.25, 0.3) is 0 Å². The maximum atomic E-state index is 14.6. The number of hydrogen-bond donors (Lipinski definition) is 23. The summed E-state index contributed by atoms with van der Waals surface area (Å²) in [5, 5.41) is 79.5. The van der Waals surface area contributed by atoms with Gasteiger partial charge in [-0.2, -0.15) is 11.8 Å². The molecule has 0 saturated heterocycles. The van der Waals surface area contributed by atoms with Crippen molar-refractivity contribution in [3.8, 4) is 5.75 Å². The van der Waals surface area contributed by atoms with Crippen molar-refractivity contribution in [2.24, 2.45) is 63.1 Å². The number of aliphatic hydroxyl groups is 2. The lowest BCUT2D eigenvalue weighted by molar-refractivity contribution is -0.144. The van der Waals surface area contributed by atoms with Gasteiger partial charge in [-0.3, -0.25) is 81.7 Å². The Balaban J connectivity index is 3.75. The highest BCUT2D eigenvalue weighted by molar-refractivity contribution is 7.98. The molecule has 0 unspecified atom stereocenters. The number of phenols is 1. The number of aliphatic carboxylic acids is 2.